The van der Waals surface area contributed by atoms with Crippen LogP contribution in [-0.2, 0) is 0 Å². The van der Waals surface area contributed by atoms with E-state index in [0.29, 0.717) is 10.6 Å². The van der Waals surface area contributed by atoms with Gasteiger partial charge in [0, 0.05) is 30.9 Å². The van der Waals surface area contributed by atoms with Crippen LogP contribution in [0.3, 0.4) is 0 Å². The van der Waals surface area contributed by atoms with Crippen LogP contribution in [0, 0.1) is 14.9 Å². The Morgan fingerprint density at radius 2 is 1.88 bits per heavy atom. The van der Waals surface area contributed by atoms with Crippen LogP contribution in [0.5, 0.6) is 0 Å². The largest absolute Gasteiger partial charge is 0.360 e. The van der Waals surface area contributed by atoms with Crippen molar-refractivity contribution in [3.63, 3.8) is 0 Å². The molecule has 0 aliphatic rings. The molecule has 3 nitrogen and oxygen atoms in total. The number of benzene rings is 2. The number of hydrogen-bond donors (Lipinski definition) is 1. The number of nitrogens with zero attached hydrogens (tertiary/aromatic N) is 2. The fourth-order valence-electron chi connectivity index (χ4n) is 1.99. The number of hydrogen-bond acceptors (Lipinski definition) is 4. The minimum absolute atomic E-state index is 0.516. The molecule has 0 saturated carbocycles. The maximum atomic E-state index is 9.42. The van der Waals surface area contributed by atoms with E-state index in [1.807, 2.05) is 53.9 Å². The Bertz CT molecular complexity index is 909. The second kappa shape index (κ2) is 7.92. The summed E-state index contributed by atoms with van der Waals surface area (Å²) in [6.45, 7) is 0. The molecule has 0 unspecified atom stereocenters. The zero-order valence-corrected chi connectivity index (χ0v) is 16.9. The van der Waals surface area contributed by atoms with E-state index in [4.69, 9.17) is 0 Å². The van der Waals surface area contributed by atoms with Crippen molar-refractivity contribution < 1.29 is 0 Å². The molecule has 1 aromatic heterocycles. The second-order valence-corrected chi connectivity index (χ2v) is 7.89. The summed E-state index contributed by atoms with van der Waals surface area (Å²) < 4.78 is 2.20. The lowest BCUT2D eigenvalue weighted by atomic mass is 10.2. The van der Waals surface area contributed by atoms with E-state index in [1.165, 1.54) is 14.9 Å². The minimum atomic E-state index is 0.516. The summed E-state index contributed by atoms with van der Waals surface area (Å²) in [5.74, 6) is 0. The predicted molar refractivity (Wildman–Crippen MR) is 112 cm³/mol. The average molecular weight is 508 g/mol. The third kappa shape index (κ3) is 4.23. The highest BCUT2D eigenvalue weighted by molar-refractivity contribution is 14.1. The fraction of sp³-hybridized carbons (Fsp3) is 0. The third-order valence-electron chi connectivity index (χ3n) is 3.22. The van der Waals surface area contributed by atoms with Crippen LogP contribution in [0.2, 0.25) is 0 Å². The molecular formula is C18H11BrIN3S. The molecule has 0 spiro atoms. The van der Waals surface area contributed by atoms with Crippen molar-refractivity contribution >= 4 is 61.1 Å². The molecule has 0 fully saturated rings. The Morgan fingerprint density at radius 1 is 1.17 bits per heavy atom. The highest BCUT2D eigenvalue weighted by atomic mass is 127. The second-order valence-electron chi connectivity index (χ2n) is 4.87. The molecule has 0 bridgehead atoms. The van der Waals surface area contributed by atoms with Gasteiger partial charge in [0.05, 0.1) is 5.69 Å². The van der Waals surface area contributed by atoms with Crippen molar-refractivity contribution in [3.05, 3.63) is 73.2 Å². The number of aromatic nitrogens is 1. The Hall–Kier alpha value is -1.69. The molecule has 0 radical (unpaired) electrons. The van der Waals surface area contributed by atoms with Crippen LogP contribution in [-0.4, -0.2) is 4.98 Å². The van der Waals surface area contributed by atoms with E-state index < -0.39 is 0 Å². The maximum absolute atomic E-state index is 9.42. The molecule has 1 N–H and O–H groups in total. The minimum Gasteiger partial charge on any atom is -0.360 e. The predicted octanol–water partition coefficient (Wildman–Crippen LogP) is 6.15. The first-order chi connectivity index (χ1) is 11.7. The molecule has 1 heterocycles. The summed E-state index contributed by atoms with van der Waals surface area (Å²) in [7, 11) is 0. The third-order valence-corrected chi connectivity index (χ3v) is 5.35. The van der Waals surface area contributed by atoms with Gasteiger partial charge in [0.25, 0.3) is 0 Å². The SMILES string of the molecule is N#CC(=CNc1ccc(I)cc1)c1nc(-c2ccc(Br)cc2)cs1. The highest BCUT2D eigenvalue weighted by Gasteiger charge is 2.09. The molecule has 118 valence electrons. The number of thiazole rings is 1. The number of anilines is 1. The van der Waals surface area contributed by atoms with Crippen LogP contribution < -0.4 is 5.32 Å². The molecular weight excluding hydrogens is 497 g/mol. The summed E-state index contributed by atoms with van der Waals surface area (Å²) in [5, 5.41) is 15.2. The zero-order chi connectivity index (χ0) is 16.9. The van der Waals surface area contributed by atoms with Crippen molar-refractivity contribution in [2.75, 3.05) is 5.32 Å². The Labute approximate surface area is 166 Å². The van der Waals surface area contributed by atoms with Crippen molar-refractivity contribution in [2.24, 2.45) is 0 Å². The van der Waals surface area contributed by atoms with Crippen molar-refractivity contribution in [1.29, 1.82) is 5.26 Å². The van der Waals surface area contributed by atoms with Gasteiger partial charge in [-0.15, -0.1) is 11.3 Å². The van der Waals surface area contributed by atoms with Crippen molar-refractivity contribution in [2.45, 2.75) is 0 Å². The van der Waals surface area contributed by atoms with Crippen molar-refractivity contribution in [3.8, 4) is 17.3 Å². The Kier molecular flexibility index (Phi) is 5.66. The summed E-state index contributed by atoms with van der Waals surface area (Å²) >= 11 is 7.15. The van der Waals surface area contributed by atoms with E-state index in [1.54, 1.807) is 6.20 Å². The topological polar surface area (TPSA) is 48.7 Å². The first kappa shape index (κ1) is 17.1. The van der Waals surface area contributed by atoms with Crippen LogP contribution in [0.1, 0.15) is 5.01 Å². The summed E-state index contributed by atoms with van der Waals surface area (Å²) in [4.78, 5) is 4.58. The number of allylic oxidation sites excluding steroid dienone is 1. The van der Waals surface area contributed by atoms with E-state index in [2.05, 4.69) is 54.9 Å². The van der Waals surface area contributed by atoms with Gasteiger partial charge in [-0.25, -0.2) is 4.98 Å². The van der Waals surface area contributed by atoms with Crippen molar-refractivity contribution in [1.82, 2.24) is 4.98 Å². The smallest absolute Gasteiger partial charge is 0.136 e. The van der Waals surface area contributed by atoms with Gasteiger partial charge in [-0.05, 0) is 59.0 Å². The van der Waals surface area contributed by atoms with Crippen LogP contribution in [0.15, 0.2) is 64.6 Å². The first-order valence-corrected chi connectivity index (χ1v) is 9.75. The summed E-state index contributed by atoms with van der Waals surface area (Å²) in [6, 6.07) is 18.1. The molecule has 3 rings (SSSR count). The number of nitrogens with one attached hydrogen (secondary N) is 1. The maximum Gasteiger partial charge on any atom is 0.136 e. The van der Waals surface area contributed by atoms with Gasteiger partial charge in [-0.1, -0.05) is 28.1 Å². The number of halogens is 2. The van der Waals surface area contributed by atoms with E-state index in [9.17, 15) is 5.26 Å². The van der Waals surface area contributed by atoms with Gasteiger partial charge < -0.3 is 5.32 Å². The molecule has 3 aromatic rings. The average Bonchev–Trinajstić information content (AvgIpc) is 3.08. The lowest BCUT2D eigenvalue weighted by molar-refractivity contribution is 1.36. The van der Waals surface area contributed by atoms with Crippen LogP contribution >= 0.6 is 49.9 Å². The van der Waals surface area contributed by atoms with Crippen LogP contribution in [0.4, 0.5) is 5.69 Å². The van der Waals surface area contributed by atoms with Crippen LogP contribution in [0.25, 0.3) is 16.8 Å². The fourth-order valence-corrected chi connectivity index (χ4v) is 3.41. The molecule has 0 atom stereocenters. The molecule has 0 saturated heterocycles. The first-order valence-electron chi connectivity index (χ1n) is 7.00. The summed E-state index contributed by atoms with van der Waals surface area (Å²) in [6.07, 6.45) is 1.70. The molecule has 0 aliphatic heterocycles. The van der Waals surface area contributed by atoms with Gasteiger partial charge in [0.2, 0.25) is 0 Å². The molecule has 6 heteroatoms. The van der Waals surface area contributed by atoms with Gasteiger partial charge >= 0.3 is 0 Å². The van der Waals surface area contributed by atoms with Gasteiger partial charge in [-0.3, -0.25) is 0 Å². The molecule has 2 aromatic carbocycles. The van der Waals surface area contributed by atoms with Gasteiger partial charge in [0.15, 0.2) is 0 Å². The molecule has 0 aliphatic carbocycles. The zero-order valence-electron chi connectivity index (χ0n) is 12.3. The highest BCUT2D eigenvalue weighted by Crippen LogP contribution is 2.27. The quantitative estimate of drug-likeness (QED) is 0.340. The Morgan fingerprint density at radius 3 is 2.54 bits per heavy atom. The lowest BCUT2D eigenvalue weighted by Crippen LogP contribution is -1.91. The monoisotopic (exact) mass is 507 g/mol. The lowest BCUT2D eigenvalue weighted by Gasteiger charge is -2.01. The standard InChI is InChI=1S/C18H11BrIN3S/c19-14-3-1-12(2-4-14)17-11-24-18(23-17)13(9-21)10-22-16-7-5-15(20)6-8-16/h1-8,10-11,22H. The van der Waals surface area contributed by atoms with Gasteiger partial charge in [-0.2, -0.15) is 5.26 Å². The Balaban J connectivity index is 1.81. The molecule has 24 heavy (non-hydrogen) atoms. The van der Waals surface area contributed by atoms with E-state index >= 15 is 0 Å². The normalized spacial score (nSPS) is 11.1. The van der Waals surface area contributed by atoms with Gasteiger partial charge in [0.1, 0.15) is 16.6 Å². The van der Waals surface area contributed by atoms with E-state index in [0.717, 1.165) is 21.4 Å². The molecule has 0 amide bonds. The number of nitriles is 1. The summed E-state index contributed by atoms with van der Waals surface area (Å²) in [5.41, 5.74) is 3.36. The number of rotatable bonds is 4. The van der Waals surface area contributed by atoms with E-state index in [-0.39, 0.29) is 0 Å².